The third-order valence-corrected chi connectivity index (χ3v) is 3.80. The lowest BCUT2D eigenvalue weighted by molar-refractivity contribution is 1.44. The minimum Gasteiger partial charge on any atom is -0.192 e. The van der Waals surface area contributed by atoms with Crippen LogP contribution in [-0.4, -0.2) is 0 Å². The number of thiophene rings is 1. The smallest absolute Gasteiger partial charge is 0.0998 e. The van der Waals surface area contributed by atoms with Crippen molar-refractivity contribution in [2.75, 3.05) is 0 Å². The van der Waals surface area contributed by atoms with E-state index in [0.717, 1.165) is 25.3 Å². The molecule has 2 aromatic rings. The van der Waals surface area contributed by atoms with E-state index < -0.39 is 0 Å². The Morgan fingerprint density at radius 1 is 1.43 bits per heavy atom. The highest BCUT2D eigenvalue weighted by molar-refractivity contribution is 9.08. The van der Waals surface area contributed by atoms with Crippen molar-refractivity contribution in [3.8, 4) is 6.07 Å². The Morgan fingerprint density at radius 2 is 2.21 bits per heavy atom. The summed E-state index contributed by atoms with van der Waals surface area (Å²) in [7, 11) is 0. The summed E-state index contributed by atoms with van der Waals surface area (Å²) in [6, 6.07) is 7.98. The number of alkyl halides is 1. The summed E-state index contributed by atoms with van der Waals surface area (Å²) in [5, 5.41) is 10.7. The highest BCUT2D eigenvalue weighted by atomic mass is 79.9. The standard InChI is InChI=1S/C10H5BrClNS/c11-4-6-1-7(5-13)8-3-10(12)14-9(8)2-6/h1-3H,4H2. The van der Waals surface area contributed by atoms with Crippen molar-refractivity contribution in [1.82, 2.24) is 0 Å². The molecule has 0 aliphatic rings. The number of nitrogens with zero attached hydrogens (tertiary/aromatic N) is 1. The molecule has 70 valence electrons. The van der Waals surface area contributed by atoms with Gasteiger partial charge in [0.05, 0.1) is 16.0 Å². The summed E-state index contributed by atoms with van der Waals surface area (Å²) in [5.41, 5.74) is 1.80. The van der Waals surface area contributed by atoms with Gasteiger partial charge < -0.3 is 0 Å². The van der Waals surface area contributed by atoms with Crippen LogP contribution in [0.25, 0.3) is 10.1 Å². The van der Waals surface area contributed by atoms with Gasteiger partial charge in [-0.25, -0.2) is 0 Å². The molecule has 0 N–H and O–H groups in total. The van der Waals surface area contributed by atoms with Crippen LogP contribution in [-0.2, 0) is 5.33 Å². The van der Waals surface area contributed by atoms with Crippen molar-refractivity contribution in [1.29, 1.82) is 5.26 Å². The predicted octanol–water partition coefficient (Wildman–Crippen LogP) is 4.32. The Morgan fingerprint density at radius 3 is 2.86 bits per heavy atom. The van der Waals surface area contributed by atoms with Crippen LogP contribution in [0.4, 0.5) is 0 Å². The zero-order valence-electron chi connectivity index (χ0n) is 7.05. The monoisotopic (exact) mass is 285 g/mol. The predicted molar refractivity (Wildman–Crippen MR) is 64.2 cm³/mol. The van der Waals surface area contributed by atoms with Crippen molar-refractivity contribution in [3.05, 3.63) is 33.7 Å². The Kier molecular flexibility index (Phi) is 2.78. The van der Waals surface area contributed by atoms with Gasteiger partial charge in [-0.3, -0.25) is 0 Å². The van der Waals surface area contributed by atoms with Crippen molar-refractivity contribution in [3.63, 3.8) is 0 Å². The zero-order chi connectivity index (χ0) is 10.1. The summed E-state index contributed by atoms with van der Waals surface area (Å²) >= 11 is 10.8. The van der Waals surface area contributed by atoms with E-state index in [1.165, 1.54) is 11.3 Å². The van der Waals surface area contributed by atoms with Crippen LogP contribution in [0.2, 0.25) is 4.34 Å². The van der Waals surface area contributed by atoms with Crippen LogP contribution in [0.1, 0.15) is 11.1 Å². The molecular weight excluding hydrogens is 282 g/mol. The van der Waals surface area contributed by atoms with Gasteiger partial charge in [0, 0.05) is 15.4 Å². The molecule has 0 aliphatic carbocycles. The third-order valence-electron chi connectivity index (χ3n) is 1.94. The lowest BCUT2D eigenvalue weighted by Gasteiger charge is -1.97. The number of hydrogen-bond acceptors (Lipinski definition) is 2. The van der Waals surface area contributed by atoms with Crippen LogP contribution >= 0.6 is 38.9 Å². The fourth-order valence-corrected chi connectivity index (χ4v) is 2.89. The molecule has 0 unspecified atom stereocenters. The van der Waals surface area contributed by atoms with Crippen molar-refractivity contribution in [2.24, 2.45) is 0 Å². The van der Waals surface area contributed by atoms with E-state index in [0.29, 0.717) is 5.56 Å². The summed E-state index contributed by atoms with van der Waals surface area (Å²) in [5.74, 6) is 0. The normalized spacial score (nSPS) is 10.4. The van der Waals surface area contributed by atoms with Crippen molar-refractivity contribution < 1.29 is 0 Å². The maximum absolute atomic E-state index is 8.96. The number of rotatable bonds is 1. The first-order valence-corrected chi connectivity index (χ1v) is 6.24. The minimum absolute atomic E-state index is 0.695. The molecule has 4 heteroatoms. The van der Waals surface area contributed by atoms with Crippen molar-refractivity contribution >= 4 is 49.0 Å². The number of fused-ring (bicyclic) bond motifs is 1. The second kappa shape index (κ2) is 3.90. The van der Waals surface area contributed by atoms with Crippen LogP contribution in [0.15, 0.2) is 18.2 Å². The number of nitriles is 1. The van der Waals surface area contributed by atoms with Gasteiger partial charge in [-0.1, -0.05) is 27.5 Å². The molecule has 1 aromatic heterocycles. The Labute approximate surface area is 99.0 Å². The second-order valence-electron chi connectivity index (χ2n) is 2.85. The van der Waals surface area contributed by atoms with Gasteiger partial charge in [0.15, 0.2) is 0 Å². The molecule has 0 aliphatic heterocycles. The van der Waals surface area contributed by atoms with E-state index in [1.54, 1.807) is 0 Å². The Bertz CT molecular complexity index is 527. The van der Waals surface area contributed by atoms with Crippen LogP contribution in [0, 0.1) is 11.3 Å². The maximum atomic E-state index is 8.96. The fraction of sp³-hybridized carbons (Fsp3) is 0.100. The second-order valence-corrected chi connectivity index (χ2v) is 5.13. The summed E-state index contributed by atoms with van der Waals surface area (Å²) in [6.45, 7) is 0. The molecule has 0 atom stereocenters. The van der Waals surface area contributed by atoms with Gasteiger partial charge in [0.25, 0.3) is 0 Å². The molecule has 1 aromatic carbocycles. The first-order valence-electron chi connectivity index (χ1n) is 3.92. The SMILES string of the molecule is N#Cc1cc(CBr)cc2sc(Cl)cc12. The molecule has 1 heterocycles. The molecule has 0 radical (unpaired) electrons. The lowest BCUT2D eigenvalue weighted by Crippen LogP contribution is -1.81. The largest absolute Gasteiger partial charge is 0.192 e. The van der Waals surface area contributed by atoms with Gasteiger partial charge >= 0.3 is 0 Å². The molecule has 2 rings (SSSR count). The van der Waals surface area contributed by atoms with E-state index in [-0.39, 0.29) is 0 Å². The zero-order valence-corrected chi connectivity index (χ0v) is 10.2. The molecule has 0 amide bonds. The molecule has 0 saturated carbocycles. The maximum Gasteiger partial charge on any atom is 0.0998 e. The Balaban J connectivity index is 2.80. The number of benzene rings is 1. The topological polar surface area (TPSA) is 23.8 Å². The first kappa shape index (κ1) is 9.97. The van der Waals surface area contributed by atoms with Gasteiger partial charge in [-0.2, -0.15) is 5.26 Å². The van der Waals surface area contributed by atoms with Gasteiger partial charge in [0.1, 0.15) is 0 Å². The highest BCUT2D eigenvalue weighted by Crippen LogP contribution is 2.32. The average molecular weight is 287 g/mol. The molecule has 0 saturated heterocycles. The molecule has 14 heavy (non-hydrogen) atoms. The van der Waals surface area contributed by atoms with E-state index in [4.69, 9.17) is 16.9 Å². The van der Waals surface area contributed by atoms with Gasteiger partial charge in [0.2, 0.25) is 0 Å². The Hall–Kier alpha value is -0.560. The number of halogens is 2. The summed E-state index contributed by atoms with van der Waals surface area (Å²) in [6.07, 6.45) is 0. The van der Waals surface area contributed by atoms with Crippen LogP contribution < -0.4 is 0 Å². The highest BCUT2D eigenvalue weighted by Gasteiger charge is 2.06. The fourth-order valence-electron chi connectivity index (χ4n) is 1.33. The molecule has 0 bridgehead atoms. The lowest BCUT2D eigenvalue weighted by atomic mass is 10.1. The van der Waals surface area contributed by atoms with E-state index in [1.807, 2.05) is 12.1 Å². The first-order chi connectivity index (χ1) is 6.74. The minimum atomic E-state index is 0.695. The summed E-state index contributed by atoms with van der Waals surface area (Å²) < 4.78 is 1.80. The van der Waals surface area contributed by atoms with Gasteiger partial charge in [-0.05, 0) is 23.8 Å². The number of hydrogen-bond donors (Lipinski definition) is 0. The van der Waals surface area contributed by atoms with Gasteiger partial charge in [-0.15, -0.1) is 11.3 Å². The molecule has 0 fully saturated rings. The summed E-state index contributed by atoms with van der Waals surface area (Å²) in [4.78, 5) is 0. The average Bonchev–Trinajstić information content (AvgIpc) is 2.56. The van der Waals surface area contributed by atoms with E-state index in [9.17, 15) is 0 Å². The van der Waals surface area contributed by atoms with E-state index >= 15 is 0 Å². The van der Waals surface area contributed by atoms with Crippen molar-refractivity contribution in [2.45, 2.75) is 5.33 Å². The molecule has 0 spiro atoms. The van der Waals surface area contributed by atoms with E-state index in [2.05, 4.69) is 28.1 Å². The quantitative estimate of drug-likeness (QED) is 0.716. The van der Waals surface area contributed by atoms with Crippen LogP contribution in [0.3, 0.4) is 0 Å². The molecular formula is C10H5BrClNS. The molecule has 1 nitrogen and oxygen atoms in total. The third kappa shape index (κ3) is 1.66. The van der Waals surface area contributed by atoms with Crippen LogP contribution in [0.5, 0.6) is 0 Å².